The monoisotopic (exact) mass is 642 g/mol. The number of carbonyl (C=O) groups excluding carboxylic acids is 1. The molecule has 4 aromatic carbocycles. The van der Waals surface area contributed by atoms with E-state index in [4.69, 9.17) is 9.47 Å². The summed E-state index contributed by atoms with van der Waals surface area (Å²) in [6.45, 7) is 2.51. The van der Waals surface area contributed by atoms with Gasteiger partial charge in [0, 0.05) is 5.56 Å². The lowest BCUT2D eigenvalue weighted by molar-refractivity contribution is 0.0697. The van der Waals surface area contributed by atoms with Crippen LogP contribution in [0.2, 0.25) is 0 Å². The molecule has 1 amide bonds. The normalized spacial score (nSPS) is 11.4. The number of benzene rings is 4. The maximum absolute atomic E-state index is 13.1. The quantitative estimate of drug-likeness (QED) is 0.162. The van der Waals surface area contributed by atoms with Crippen LogP contribution in [-0.2, 0) is 20.0 Å². The average molecular weight is 643 g/mol. The second-order valence-electron chi connectivity index (χ2n) is 9.31. The molecule has 4 rings (SSSR count). The van der Waals surface area contributed by atoms with E-state index in [1.54, 1.807) is 0 Å². The standard InChI is InChI=1S/C30H27FN2O9S2/c1-2-3-17-41-22-9-14-26(15-10-22)43(37,38)32-28-16-11-24(19-27(28)30(35)36)42-23-6-4-5-20(18-23)29(34)33-44(39,40)25-12-7-21(31)8-13-25/h4-16,18-19,32H,2-3,17H2,1H3,(H,33,34)(H,35,36). The van der Waals surface area contributed by atoms with E-state index < -0.39 is 43.3 Å². The number of carboxylic acid groups (broad SMARTS) is 1. The van der Waals surface area contributed by atoms with Gasteiger partial charge < -0.3 is 14.6 Å². The highest BCUT2D eigenvalue weighted by Gasteiger charge is 2.21. The van der Waals surface area contributed by atoms with Crippen LogP contribution < -0.4 is 18.9 Å². The topological polar surface area (TPSA) is 165 Å². The Morgan fingerprint density at radius 2 is 1.41 bits per heavy atom. The summed E-state index contributed by atoms with van der Waals surface area (Å²) in [4.78, 5) is 24.2. The number of hydrogen-bond donors (Lipinski definition) is 3. The third-order valence-corrected chi connectivity index (χ3v) is 8.78. The molecule has 0 aliphatic heterocycles. The molecule has 0 aliphatic carbocycles. The van der Waals surface area contributed by atoms with Gasteiger partial charge in [0.2, 0.25) is 0 Å². The van der Waals surface area contributed by atoms with Gasteiger partial charge in [0.05, 0.1) is 27.6 Å². The zero-order valence-electron chi connectivity index (χ0n) is 23.2. The number of amides is 1. The number of aromatic carboxylic acids is 1. The van der Waals surface area contributed by atoms with E-state index in [9.17, 15) is 35.9 Å². The summed E-state index contributed by atoms with van der Waals surface area (Å²) in [5.74, 6) is -2.52. The van der Waals surface area contributed by atoms with E-state index in [1.807, 2.05) is 11.6 Å². The van der Waals surface area contributed by atoms with Gasteiger partial charge in [-0.05, 0) is 91.3 Å². The van der Waals surface area contributed by atoms with Crippen LogP contribution >= 0.6 is 0 Å². The molecule has 0 saturated carbocycles. The number of carbonyl (C=O) groups is 2. The molecule has 0 bridgehead atoms. The molecular formula is C30H27FN2O9S2. The molecule has 0 atom stereocenters. The predicted molar refractivity (Wildman–Crippen MR) is 159 cm³/mol. The Labute approximate surface area is 253 Å². The van der Waals surface area contributed by atoms with E-state index >= 15 is 0 Å². The SMILES string of the molecule is CCCCOc1ccc(S(=O)(=O)Nc2ccc(Oc3cccc(C(=O)NS(=O)(=O)c4ccc(F)cc4)c3)cc2C(=O)O)cc1. The van der Waals surface area contributed by atoms with Crippen molar-refractivity contribution in [3.8, 4) is 17.2 Å². The third-order valence-electron chi connectivity index (χ3n) is 6.05. The number of hydrogen-bond acceptors (Lipinski definition) is 8. The number of carboxylic acids is 1. The summed E-state index contributed by atoms with van der Waals surface area (Å²) in [5.41, 5.74) is -0.727. The molecular weight excluding hydrogens is 615 g/mol. The second kappa shape index (κ2) is 13.6. The molecule has 44 heavy (non-hydrogen) atoms. The minimum Gasteiger partial charge on any atom is -0.494 e. The van der Waals surface area contributed by atoms with Gasteiger partial charge in [0.15, 0.2) is 0 Å². The van der Waals surface area contributed by atoms with Crippen molar-refractivity contribution >= 4 is 37.6 Å². The fourth-order valence-corrected chi connectivity index (χ4v) is 5.85. The molecule has 0 saturated heterocycles. The van der Waals surface area contributed by atoms with Gasteiger partial charge in [-0.3, -0.25) is 9.52 Å². The summed E-state index contributed by atoms with van der Waals surface area (Å²) in [6.07, 6.45) is 1.80. The first kappa shape index (κ1) is 32.0. The first-order chi connectivity index (χ1) is 20.9. The number of nitrogens with one attached hydrogen (secondary N) is 2. The smallest absolute Gasteiger partial charge is 0.337 e. The number of halogens is 1. The average Bonchev–Trinajstić information content (AvgIpc) is 2.98. The fourth-order valence-electron chi connectivity index (χ4n) is 3.80. The Morgan fingerprint density at radius 1 is 0.795 bits per heavy atom. The first-order valence-corrected chi connectivity index (χ1v) is 16.1. The Morgan fingerprint density at radius 3 is 2.07 bits per heavy atom. The van der Waals surface area contributed by atoms with Crippen LogP contribution in [0, 0.1) is 5.82 Å². The molecule has 11 nitrogen and oxygen atoms in total. The van der Waals surface area contributed by atoms with Gasteiger partial charge in [-0.1, -0.05) is 19.4 Å². The van der Waals surface area contributed by atoms with Crippen LogP contribution in [0.15, 0.2) is 101 Å². The van der Waals surface area contributed by atoms with Crippen molar-refractivity contribution in [2.75, 3.05) is 11.3 Å². The summed E-state index contributed by atoms with van der Waals surface area (Å²) in [5, 5.41) is 9.76. The summed E-state index contributed by atoms with van der Waals surface area (Å²) in [6, 6.07) is 18.6. The van der Waals surface area contributed by atoms with Gasteiger partial charge in [0.1, 0.15) is 23.1 Å². The van der Waals surface area contributed by atoms with E-state index in [0.717, 1.165) is 43.2 Å². The van der Waals surface area contributed by atoms with Gasteiger partial charge in [-0.2, -0.15) is 0 Å². The Bertz CT molecular complexity index is 1880. The number of ether oxygens (including phenoxy) is 2. The molecule has 230 valence electrons. The van der Waals surface area contributed by atoms with Crippen molar-refractivity contribution in [1.29, 1.82) is 0 Å². The zero-order valence-corrected chi connectivity index (χ0v) is 24.8. The van der Waals surface area contributed by atoms with Crippen molar-refractivity contribution in [3.05, 3.63) is 108 Å². The zero-order chi connectivity index (χ0) is 31.9. The highest BCUT2D eigenvalue weighted by atomic mass is 32.2. The minimum absolute atomic E-state index is 0.00424. The number of sulfonamides is 2. The van der Waals surface area contributed by atoms with Crippen molar-refractivity contribution in [2.45, 2.75) is 29.6 Å². The van der Waals surface area contributed by atoms with Crippen molar-refractivity contribution < 1.29 is 45.4 Å². The number of unbranched alkanes of at least 4 members (excludes halogenated alkanes) is 1. The van der Waals surface area contributed by atoms with Crippen molar-refractivity contribution in [2.24, 2.45) is 0 Å². The molecule has 0 radical (unpaired) electrons. The molecule has 0 heterocycles. The lowest BCUT2D eigenvalue weighted by atomic mass is 10.1. The van der Waals surface area contributed by atoms with Crippen molar-refractivity contribution in [1.82, 2.24) is 4.72 Å². The summed E-state index contributed by atoms with van der Waals surface area (Å²) >= 11 is 0. The van der Waals surface area contributed by atoms with Crippen LogP contribution in [0.4, 0.5) is 10.1 Å². The molecule has 4 aromatic rings. The molecule has 3 N–H and O–H groups in total. The van der Waals surface area contributed by atoms with Gasteiger partial charge >= 0.3 is 5.97 Å². The highest BCUT2D eigenvalue weighted by molar-refractivity contribution is 7.92. The number of rotatable bonds is 13. The fraction of sp³-hybridized carbons (Fsp3) is 0.133. The van der Waals surface area contributed by atoms with Crippen LogP contribution in [0.5, 0.6) is 17.2 Å². The molecule has 0 fully saturated rings. The van der Waals surface area contributed by atoms with Gasteiger partial charge in [-0.25, -0.2) is 30.7 Å². The molecule has 0 unspecified atom stereocenters. The molecule has 0 aliphatic rings. The van der Waals surface area contributed by atoms with Crippen LogP contribution in [0.25, 0.3) is 0 Å². The Balaban J connectivity index is 1.49. The molecule has 0 aromatic heterocycles. The van der Waals surface area contributed by atoms with E-state index in [1.165, 1.54) is 60.7 Å². The summed E-state index contributed by atoms with van der Waals surface area (Å²) < 4.78 is 79.4. The van der Waals surface area contributed by atoms with Crippen LogP contribution in [-0.4, -0.2) is 40.4 Å². The highest BCUT2D eigenvalue weighted by Crippen LogP contribution is 2.29. The minimum atomic E-state index is -4.29. The Kier molecular flexibility index (Phi) is 9.86. The number of anilines is 1. The first-order valence-electron chi connectivity index (χ1n) is 13.1. The molecule has 0 spiro atoms. The van der Waals surface area contributed by atoms with Crippen LogP contribution in [0.1, 0.15) is 40.5 Å². The van der Waals surface area contributed by atoms with E-state index in [2.05, 4.69) is 4.72 Å². The van der Waals surface area contributed by atoms with Crippen molar-refractivity contribution in [3.63, 3.8) is 0 Å². The second-order valence-corrected chi connectivity index (χ2v) is 12.7. The largest absolute Gasteiger partial charge is 0.494 e. The summed E-state index contributed by atoms with van der Waals surface area (Å²) in [7, 11) is -8.45. The maximum atomic E-state index is 13.1. The van der Waals surface area contributed by atoms with Gasteiger partial charge in [-0.15, -0.1) is 0 Å². The third kappa shape index (κ3) is 8.11. The van der Waals surface area contributed by atoms with Crippen LogP contribution in [0.3, 0.4) is 0 Å². The van der Waals surface area contributed by atoms with E-state index in [0.29, 0.717) is 12.4 Å². The van der Waals surface area contributed by atoms with E-state index in [-0.39, 0.29) is 32.5 Å². The molecule has 14 heteroatoms. The Hall–Kier alpha value is -4.95. The lowest BCUT2D eigenvalue weighted by Crippen LogP contribution is -2.30. The maximum Gasteiger partial charge on any atom is 0.337 e. The lowest BCUT2D eigenvalue weighted by Gasteiger charge is -2.13. The van der Waals surface area contributed by atoms with Gasteiger partial charge in [0.25, 0.3) is 26.0 Å². The predicted octanol–water partition coefficient (Wildman–Crippen LogP) is 5.41.